The topological polar surface area (TPSA) is 48.7 Å². The zero-order valence-corrected chi connectivity index (χ0v) is 15.5. The first-order chi connectivity index (χ1) is 12.6. The highest BCUT2D eigenvalue weighted by Gasteiger charge is 2.13. The smallest absolute Gasteiger partial charge is 0.336 e. The molecule has 3 rings (SSSR count). The first kappa shape index (κ1) is 18.1. The van der Waals surface area contributed by atoms with Crippen molar-refractivity contribution in [2.45, 2.75) is 39.7 Å². The molecule has 0 atom stereocenters. The van der Waals surface area contributed by atoms with Crippen LogP contribution in [-0.2, 0) is 13.0 Å². The van der Waals surface area contributed by atoms with E-state index in [4.69, 9.17) is 13.9 Å². The maximum absolute atomic E-state index is 11.9. The molecule has 136 valence electrons. The third-order valence-electron chi connectivity index (χ3n) is 4.39. The number of ether oxygens (including phenoxy) is 2. The molecule has 0 bridgehead atoms. The molecule has 4 nitrogen and oxygen atoms in total. The molecule has 4 heteroatoms. The summed E-state index contributed by atoms with van der Waals surface area (Å²) in [5.74, 6) is 1.57. The maximum Gasteiger partial charge on any atom is 0.336 e. The van der Waals surface area contributed by atoms with Gasteiger partial charge in [-0.15, -0.1) is 0 Å². The molecule has 0 fully saturated rings. The summed E-state index contributed by atoms with van der Waals surface area (Å²) in [4.78, 5) is 11.9. The summed E-state index contributed by atoms with van der Waals surface area (Å²) in [6.07, 6.45) is 2.92. The predicted octanol–water partition coefficient (Wildman–Crippen LogP) is 5.03. The Morgan fingerprint density at radius 1 is 1.08 bits per heavy atom. The number of hydrogen-bond donors (Lipinski definition) is 0. The molecule has 0 unspecified atom stereocenters. The minimum Gasteiger partial charge on any atom is -0.497 e. The second-order valence-corrected chi connectivity index (χ2v) is 6.47. The quantitative estimate of drug-likeness (QED) is 0.560. The fourth-order valence-corrected chi connectivity index (χ4v) is 3.03. The standard InChI is InChI=1S/C22H24O4/c1-4-5-6-17-13-21(23)26-20-12-15(2)11-19(22(17)20)25-14-16-7-9-18(24-3)10-8-16/h7-13H,4-6,14H2,1-3H3. The van der Waals surface area contributed by atoms with Crippen LogP contribution in [0.15, 0.2) is 51.7 Å². The van der Waals surface area contributed by atoms with Crippen LogP contribution in [-0.4, -0.2) is 7.11 Å². The number of methoxy groups -OCH3 is 1. The van der Waals surface area contributed by atoms with Crippen molar-refractivity contribution in [3.8, 4) is 11.5 Å². The molecule has 1 heterocycles. The molecule has 0 N–H and O–H groups in total. The van der Waals surface area contributed by atoms with Crippen molar-refractivity contribution in [2.24, 2.45) is 0 Å². The van der Waals surface area contributed by atoms with Gasteiger partial charge in [0.15, 0.2) is 0 Å². The van der Waals surface area contributed by atoms with Crippen LogP contribution in [0.3, 0.4) is 0 Å². The Labute approximate surface area is 153 Å². The fraction of sp³-hybridized carbons (Fsp3) is 0.318. The van der Waals surface area contributed by atoms with Crippen molar-refractivity contribution >= 4 is 11.0 Å². The van der Waals surface area contributed by atoms with E-state index < -0.39 is 0 Å². The monoisotopic (exact) mass is 352 g/mol. The number of benzene rings is 2. The Bertz CT molecular complexity index is 939. The van der Waals surface area contributed by atoms with E-state index >= 15 is 0 Å². The van der Waals surface area contributed by atoms with E-state index in [0.717, 1.165) is 52.8 Å². The van der Waals surface area contributed by atoms with Gasteiger partial charge in [-0.3, -0.25) is 0 Å². The van der Waals surface area contributed by atoms with Gasteiger partial charge in [-0.1, -0.05) is 25.5 Å². The van der Waals surface area contributed by atoms with Crippen molar-refractivity contribution in [1.29, 1.82) is 0 Å². The zero-order chi connectivity index (χ0) is 18.5. The van der Waals surface area contributed by atoms with Crippen LogP contribution in [0.5, 0.6) is 11.5 Å². The van der Waals surface area contributed by atoms with Gasteiger partial charge < -0.3 is 13.9 Å². The van der Waals surface area contributed by atoms with Crippen molar-refractivity contribution in [3.63, 3.8) is 0 Å². The molecule has 0 saturated carbocycles. The molecule has 0 spiro atoms. The highest BCUT2D eigenvalue weighted by molar-refractivity contribution is 5.87. The number of fused-ring (bicyclic) bond motifs is 1. The number of aryl methyl sites for hydroxylation is 2. The lowest BCUT2D eigenvalue weighted by Crippen LogP contribution is -2.04. The Hall–Kier alpha value is -2.75. The van der Waals surface area contributed by atoms with Crippen LogP contribution in [0.4, 0.5) is 0 Å². The van der Waals surface area contributed by atoms with E-state index in [9.17, 15) is 4.79 Å². The average molecular weight is 352 g/mol. The molecule has 0 radical (unpaired) electrons. The van der Waals surface area contributed by atoms with Crippen LogP contribution < -0.4 is 15.1 Å². The van der Waals surface area contributed by atoms with Gasteiger partial charge >= 0.3 is 5.63 Å². The number of unbranched alkanes of at least 4 members (excludes halogenated alkanes) is 1. The zero-order valence-electron chi connectivity index (χ0n) is 15.5. The normalized spacial score (nSPS) is 10.9. The molecular weight excluding hydrogens is 328 g/mol. The van der Waals surface area contributed by atoms with Crippen molar-refractivity contribution < 1.29 is 13.9 Å². The Balaban J connectivity index is 1.96. The SMILES string of the molecule is CCCCc1cc(=O)oc2cc(C)cc(OCc3ccc(OC)cc3)c12. The van der Waals surface area contributed by atoms with Gasteiger partial charge in [-0.2, -0.15) is 0 Å². The van der Waals surface area contributed by atoms with Crippen molar-refractivity contribution in [2.75, 3.05) is 7.11 Å². The van der Waals surface area contributed by atoms with Crippen molar-refractivity contribution in [3.05, 3.63) is 69.6 Å². The lowest BCUT2D eigenvalue weighted by molar-refractivity contribution is 0.309. The van der Waals surface area contributed by atoms with Crippen LogP contribution in [0, 0.1) is 6.92 Å². The summed E-state index contributed by atoms with van der Waals surface area (Å²) in [5.41, 5.74) is 3.32. The van der Waals surface area contributed by atoms with Gasteiger partial charge in [0.1, 0.15) is 23.7 Å². The van der Waals surface area contributed by atoms with E-state index in [1.807, 2.05) is 43.3 Å². The van der Waals surface area contributed by atoms with Gasteiger partial charge in [-0.05, 0) is 60.7 Å². The minimum absolute atomic E-state index is 0.310. The van der Waals surface area contributed by atoms with Gasteiger partial charge in [0.05, 0.1) is 12.5 Å². The van der Waals surface area contributed by atoms with Crippen LogP contribution >= 0.6 is 0 Å². The molecule has 0 amide bonds. The largest absolute Gasteiger partial charge is 0.497 e. The molecule has 3 aromatic rings. The summed E-state index contributed by atoms with van der Waals surface area (Å²) in [7, 11) is 1.65. The van der Waals surface area contributed by atoms with E-state index in [-0.39, 0.29) is 5.63 Å². The molecule has 0 aliphatic heterocycles. The molecular formula is C22H24O4. The first-order valence-electron chi connectivity index (χ1n) is 8.94. The third-order valence-corrected chi connectivity index (χ3v) is 4.39. The van der Waals surface area contributed by atoms with E-state index in [1.165, 1.54) is 0 Å². The number of hydrogen-bond acceptors (Lipinski definition) is 4. The van der Waals surface area contributed by atoms with Gasteiger partial charge in [-0.25, -0.2) is 4.79 Å². The molecule has 1 aromatic heterocycles. The van der Waals surface area contributed by atoms with E-state index in [2.05, 4.69) is 6.92 Å². The Morgan fingerprint density at radius 2 is 1.85 bits per heavy atom. The minimum atomic E-state index is -0.310. The number of rotatable bonds is 7. The summed E-state index contributed by atoms with van der Waals surface area (Å²) < 4.78 is 16.7. The van der Waals surface area contributed by atoms with Gasteiger partial charge in [0.2, 0.25) is 0 Å². The lowest BCUT2D eigenvalue weighted by atomic mass is 10.0. The molecule has 0 saturated heterocycles. The van der Waals surface area contributed by atoms with E-state index in [1.54, 1.807) is 13.2 Å². The fourth-order valence-electron chi connectivity index (χ4n) is 3.03. The molecule has 0 aliphatic rings. The van der Waals surface area contributed by atoms with Crippen LogP contribution in [0.2, 0.25) is 0 Å². The lowest BCUT2D eigenvalue weighted by Gasteiger charge is -2.13. The first-order valence-corrected chi connectivity index (χ1v) is 8.94. The molecule has 26 heavy (non-hydrogen) atoms. The second kappa shape index (κ2) is 8.09. The maximum atomic E-state index is 11.9. The van der Waals surface area contributed by atoms with E-state index in [0.29, 0.717) is 12.2 Å². The predicted molar refractivity (Wildman–Crippen MR) is 103 cm³/mol. The van der Waals surface area contributed by atoms with Crippen LogP contribution in [0.25, 0.3) is 11.0 Å². The summed E-state index contributed by atoms with van der Waals surface area (Å²) in [5, 5.41) is 0.900. The summed E-state index contributed by atoms with van der Waals surface area (Å²) >= 11 is 0. The summed E-state index contributed by atoms with van der Waals surface area (Å²) in [6, 6.07) is 13.3. The van der Waals surface area contributed by atoms with Crippen molar-refractivity contribution in [1.82, 2.24) is 0 Å². The van der Waals surface area contributed by atoms with Crippen LogP contribution in [0.1, 0.15) is 36.5 Å². The summed E-state index contributed by atoms with van der Waals surface area (Å²) in [6.45, 7) is 4.55. The highest BCUT2D eigenvalue weighted by atomic mass is 16.5. The third kappa shape index (κ3) is 4.07. The molecule has 2 aromatic carbocycles. The van der Waals surface area contributed by atoms with Gasteiger partial charge in [0, 0.05) is 6.07 Å². The Kier molecular flexibility index (Phi) is 5.61. The van der Waals surface area contributed by atoms with Gasteiger partial charge in [0.25, 0.3) is 0 Å². The second-order valence-electron chi connectivity index (χ2n) is 6.47. The Morgan fingerprint density at radius 3 is 2.54 bits per heavy atom. The molecule has 0 aliphatic carbocycles. The average Bonchev–Trinajstić information content (AvgIpc) is 2.64. The highest BCUT2D eigenvalue weighted by Crippen LogP contribution is 2.31.